The van der Waals surface area contributed by atoms with E-state index in [4.69, 9.17) is 14.2 Å². The van der Waals surface area contributed by atoms with Gasteiger partial charge in [-0.15, -0.1) is 0 Å². The molecule has 0 N–H and O–H groups in total. The maximum atomic E-state index is 5.50. The van der Waals surface area contributed by atoms with Crippen molar-refractivity contribution < 1.29 is 14.2 Å². The van der Waals surface area contributed by atoms with Crippen molar-refractivity contribution in [3.05, 3.63) is 18.2 Å². The lowest BCUT2D eigenvalue weighted by atomic mass is 10.2. The molecule has 0 atom stereocenters. The average Bonchev–Trinajstić information content (AvgIpc) is 2.29. The Hall–Kier alpha value is -1.42. The smallest absolute Gasteiger partial charge is 0.163 e. The van der Waals surface area contributed by atoms with Gasteiger partial charge in [0.05, 0.1) is 0 Å². The predicted molar refractivity (Wildman–Crippen MR) is 57.7 cm³/mol. The fourth-order valence-corrected chi connectivity index (χ4v) is 1.54. The van der Waals surface area contributed by atoms with Crippen LogP contribution >= 0.6 is 0 Å². The van der Waals surface area contributed by atoms with Crippen LogP contribution in [-0.2, 0) is 4.74 Å². The molecule has 4 nitrogen and oxygen atoms in total. The Morgan fingerprint density at radius 1 is 1.27 bits per heavy atom. The van der Waals surface area contributed by atoms with Gasteiger partial charge in [0.15, 0.2) is 11.5 Å². The van der Waals surface area contributed by atoms with Gasteiger partial charge in [-0.2, -0.15) is 0 Å². The van der Waals surface area contributed by atoms with Crippen molar-refractivity contribution in [2.45, 2.75) is 0 Å². The number of rotatable bonds is 3. The van der Waals surface area contributed by atoms with Crippen molar-refractivity contribution in [1.29, 1.82) is 0 Å². The predicted octanol–water partition coefficient (Wildman–Crippen LogP) is 1.50. The zero-order valence-electron chi connectivity index (χ0n) is 9.03. The summed E-state index contributed by atoms with van der Waals surface area (Å²) in [6, 6.07) is 5.88. The Bertz CT molecular complexity index is 341. The molecule has 0 bridgehead atoms. The number of hydrogen-bond acceptors (Lipinski definition) is 4. The molecule has 0 radical (unpaired) electrons. The Kier molecular flexibility index (Phi) is 2.97. The lowest BCUT2D eigenvalue weighted by molar-refractivity contribution is 0.171. The van der Waals surface area contributed by atoms with E-state index in [0.29, 0.717) is 19.9 Å². The van der Waals surface area contributed by atoms with Gasteiger partial charge in [0, 0.05) is 25.9 Å². The standard InChI is InChI=1S/C11H15NO3/c1-12(8-13-2)9-3-4-10-11(7-9)15-6-5-14-10/h3-4,7H,5-6,8H2,1-2H3. The summed E-state index contributed by atoms with van der Waals surface area (Å²) in [5.41, 5.74) is 1.06. The van der Waals surface area contributed by atoms with E-state index in [2.05, 4.69) is 0 Å². The Balaban J connectivity index is 2.20. The summed E-state index contributed by atoms with van der Waals surface area (Å²) in [6.45, 7) is 1.80. The number of methoxy groups -OCH3 is 1. The van der Waals surface area contributed by atoms with Crippen LogP contribution in [0.3, 0.4) is 0 Å². The summed E-state index contributed by atoms with van der Waals surface area (Å²) in [5, 5.41) is 0. The summed E-state index contributed by atoms with van der Waals surface area (Å²) in [6.07, 6.45) is 0. The zero-order valence-corrected chi connectivity index (χ0v) is 9.03. The van der Waals surface area contributed by atoms with E-state index >= 15 is 0 Å². The second-order valence-corrected chi connectivity index (χ2v) is 3.44. The van der Waals surface area contributed by atoms with E-state index in [9.17, 15) is 0 Å². The molecule has 0 amide bonds. The monoisotopic (exact) mass is 209 g/mol. The molecule has 0 aliphatic carbocycles. The summed E-state index contributed by atoms with van der Waals surface area (Å²) >= 11 is 0. The molecule has 0 aromatic heterocycles. The number of nitrogens with zero attached hydrogens (tertiary/aromatic N) is 1. The summed E-state index contributed by atoms with van der Waals surface area (Å²) in [5.74, 6) is 1.62. The molecule has 1 aromatic carbocycles. The molecule has 0 fully saturated rings. The molecule has 0 spiro atoms. The van der Waals surface area contributed by atoms with E-state index < -0.39 is 0 Å². The molecular formula is C11H15NO3. The fourth-order valence-electron chi connectivity index (χ4n) is 1.54. The van der Waals surface area contributed by atoms with Gasteiger partial charge >= 0.3 is 0 Å². The molecular weight excluding hydrogens is 194 g/mol. The number of anilines is 1. The first-order valence-electron chi connectivity index (χ1n) is 4.91. The minimum atomic E-state index is 0.555. The van der Waals surface area contributed by atoms with Crippen LogP contribution in [0.15, 0.2) is 18.2 Å². The summed E-state index contributed by atoms with van der Waals surface area (Å²) in [7, 11) is 3.64. The molecule has 15 heavy (non-hydrogen) atoms. The maximum absolute atomic E-state index is 5.50. The van der Waals surface area contributed by atoms with Crippen LogP contribution in [0.25, 0.3) is 0 Å². The third-order valence-corrected chi connectivity index (χ3v) is 2.29. The highest BCUT2D eigenvalue weighted by atomic mass is 16.6. The van der Waals surface area contributed by atoms with E-state index in [1.165, 1.54) is 0 Å². The lowest BCUT2D eigenvalue weighted by Crippen LogP contribution is -2.20. The van der Waals surface area contributed by atoms with Crippen molar-refractivity contribution in [3.63, 3.8) is 0 Å². The second kappa shape index (κ2) is 4.40. The average molecular weight is 209 g/mol. The molecule has 1 aromatic rings. The largest absolute Gasteiger partial charge is 0.486 e. The zero-order chi connectivity index (χ0) is 10.7. The molecule has 1 aliphatic heterocycles. The van der Waals surface area contributed by atoms with Gasteiger partial charge in [-0.3, -0.25) is 0 Å². The van der Waals surface area contributed by atoms with Crippen LogP contribution in [0, 0.1) is 0 Å². The molecule has 2 rings (SSSR count). The molecule has 0 unspecified atom stereocenters. The van der Waals surface area contributed by atoms with Gasteiger partial charge in [-0.25, -0.2) is 0 Å². The maximum Gasteiger partial charge on any atom is 0.163 e. The van der Waals surface area contributed by atoms with Crippen molar-refractivity contribution in [3.8, 4) is 11.5 Å². The van der Waals surface area contributed by atoms with Crippen molar-refractivity contribution in [2.24, 2.45) is 0 Å². The van der Waals surface area contributed by atoms with Crippen LogP contribution in [0.5, 0.6) is 11.5 Å². The highest BCUT2D eigenvalue weighted by Crippen LogP contribution is 2.33. The van der Waals surface area contributed by atoms with Gasteiger partial charge in [-0.1, -0.05) is 0 Å². The Morgan fingerprint density at radius 3 is 2.73 bits per heavy atom. The van der Waals surface area contributed by atoms with Gasteiger partial charge in [0.1, 0.15) is 19.9 Å². The van der Waals surface area contributed by atoms with Crippen LogP contribution in [0.2, 0.25) is 0 Å². The fraction of sp³-hybridized carbons (Fsp3) is 0.455. The number of fused-ring (bicyclic) bond motifs is 1. The first-order valence-corrected chi connectivity index (χ1v) is 4.91. The minimum Gasteiger partial charge on any atom is -0.486 e. The van der Waals surface area contributed by atoms with Crippen LogP contribution in [-0.4, -0.2) is 34.1 Å². The van der Waals surface area contributed by atoms with Crippen LogP contribution in [0.1, 0.15) is 0 Å². The van der Waals surface area contributed by atoms with Gasteiger partial charge in [0.25, 0.3) is 0 Å². The Labute approximate surface area is 89.4 Å². The van der Waals surface area contributed by atoms with Gasteiger partial charge in [-0.05, 0) is 12.1 Å². The second-order valence-electron chi connectivity index (χ2n) is 3.44. The van der Waals surface area contributed by atoms with Crippen molar-refractivity contribution >= 4 is 5.69 Å². The van der Waals surface area contributed by atoms with E-state index in [1.54, 1.807) is 7.11 Å². The lowest BCUT2D eigenvalue weighted by Gasteiger charge is -2.22. The van der Waals surface area contributed by atoms with E-state index in [1.807, 2.05) is 30.1 Å². The quantitative estimate of drug-likeness (QED) is 0.706. The highest BCUT2D eigenvalue weighted by Gasteiger charge is 2.12. The highest BCUT2D eigenvalue weighted by molar-refractivity contribution is 5.56. The molecule has 0 saturated heterocycles. The van der Waals surface area contributed by atoms with Crippen LogP contribution < -0.4 is 14.4 Å². The normalized spacial score (nSPS) is 13.7. The topological polar surface area (TPSA) is 30.9 Å². The minimum absolute atomic E-state index is 0.555. The molecule has 1 aliphatic rings. The molecule has 0 saturated carbocycles. The molecule has 1 heterocycles. The number of benzene rings is 1. The molecule has 82 valence electrons. The van der Waals surface area contributed by atoms with Crippen LogP contribution in [0.4, 0.5) is 5.69 Å². The molecule has 4 heteroatoms. The van der Waals surface area contributed by atoms with E-state index in [-0.39, 0.29) is 0 Å². The van der Waals surface area contributed by atoms with Gasteiger partial charge < -0.3 is 19.1 Å². The summed E-state index contributed by atoms with van der Waals surface area (Å²) < 4.78 is 16.0. The Morgan fingerprint density at radius 2 is 2.00 bits per heavy atom. The van der Waals surface area contributed by atoms with E-state index in [0.717, 1.165) is 17.2 Å². The van der Waals surface area contributed by atoms with Crippen molar-refractivity contribution in [1.82, 2.24) is 0 Å². The number of hydrogen-bond donors (Lipinski definition) is 0. The first-order chi connectivity index (χ1) is 7.31. The first kappa shape index (κ1) is 10.1. The SMILES string of the molecule is COCN(C)c1ccc2c(c1)OCCO2. The number of ether oxygens (including phenoxy) is 3. The van der Waals surface area contributed by atoms with Gasteiger partial charge in [0.2, 0.25) is 0 Å². The van der Waals surface area contributed by atoms with Crippen molar-refractivity contribution in [2.75, 3.05) is 39.0 Å². The third-order valence-electron chi connectivity index (χ3n) is 2.29. The third kappa shape index (κ3) is 2.15. The summed E-state index contributed by atoms with van der Waals surface area (Å²) in [4.78, 5) is 2.00.